The fourth-order valence-electron chi connectivity index (χ4n) is 2.47. The van der Waals surface area contributed by atoms with E-state index in [1.807, 2.05) is 63.2 Å². The van der Waals surface area contributed by atoms with Gasteiger partial charge in [-0.15, -0.1) is 0 Å². The number of nitrogens with one attached hydrogen (secondary N) is 1. The first-order valence-corrected chi connectivity index (χ1v) is 9.73. The first-order valence-electron chi connectivity index (χ1n) is 8.91. The summed E-state index contributed by atoms with van der Waals surface area (Å²) in [5.41, 5.74) is 1.44. The maximum Gasteiger partial charge on any atom is 0.290 e. The maximum absolute atomic E-state index is 11.6. The number of aromatic nitrogens is 1. The first kappa shape index (κ1) is 19.9. The van der Waals surface area contributed by atoms with Gasteiger partial charge in [-0.25, -0.2) is 4.98 Å². The minimum absolute atomic E-state index is 0.288. The van der Waals surface area contributed by atoms with Gasteiger partial charge < -0.3 is 9.47 Å². The van der Waals surface area contributed by atoms with Crippen LogP contribution in [0, 0.1) is 0 Å². The van der Waals surface area contributed by atoms with Crippen LogP contribution < -0.4 is 14.8 Å². The van der Waals surface area contributed by atoms with Crippen LogP contribution in [0.2, 0.25) is 0 Å². The zero-order valence-electron chi connectivity index (χ0n) is 16.0. The van der Waals surface area contributed by atoms with Gasteiger partial charge in [-0.1, -0.05) is 18.2 Å². The SMILES string of the molecule is CC(C)(C)Oc1cccc(CCOc2ccc(C=C3SC(=O)NC3=O)cc2)n1. The van der Waals surface area contributed by atoms with Gasteiger partial charge in [0.1, 0.15) is 11.4 Å². The number of hydrogen-bond acceptors (Lipinski definition) is 6. The van der Waals surface area contributed by atoms with Crippen molar-refractivity contribution < 1.29 is 19.1 Å². The molecule has 1 aliphatic rings. The predicted molar refractivity (Wildman–Crippen MR) is 109 cm³/mol. The fraction of sp³-hybridized carbons (Fsp3) is 0.286. The molecule has 1 aliphatic heterocycles. The van der Waals surface area contributed by atoms with E-state index in [0.29, 0.717) is 23.8 Å². The average molecular weight is 398 g/mol. The zero-order valence-corrected chi connectivity index (χ0v) is 16.8. The lowest BCUT2D eigenvalue weighted by atomic mass is 10.2. The molecular formula is C21H22N2O4S. The van der Waals surface area contributed by atoms with Crippen LogP contribution >= 0.6 is 11.8 Å². The van der Waals surface area contributed by atoms with Crippen LogP contribution in [0.25, 0.3) is 6.08 Å². The summed E-state index contributed by atoms with van der Waals surface area (Å²) in [6.07, 6.45) is 2.34. The quantitative estimate of drug-likeness (QED) is 0.735. The smallest absolute Gasteiger partial charge is 0.290 e. The number of hydrogen-bond donors (Lipinski definition) is 1. The normalized spacial score (nSPS) is 15.6. The summed E-state index contributed by atoms with van der Waals surface area (Å²) in [5, 5.41) is 1.89. The molecule has 0 radical (unpaired) electrons. The maximum atomic E-state index is 11.6. The minimum Gasteiger partial charge on any atom is -0.493 e. The van der Waals surface area contributed by atoms with Crippen molar-refractivity contribution in [1.29, 1.82) is 0 Å². The number of rotatable bonds is 6. The first-order chi connectivity index (χ1) is 13.3. The van der Waals surface area contributed by atoms with Crippen LogP contribution in [0.15, 0.2) is 47.4 Å². The Labute approximate surface area is 168 Å². The number of carbonyl (C=O) groups is 2. The van der Waals surface area contributed by atoms with Crippen molar-refractivity contribution in [2.24, 2.45) is 0 Å². The number of pyridine rings is 1. The molecule has 1 aromatic carbocycles. The molecule has 7 heteroatoms. The molecule has 6 nitrogen and oxygen atoms in total. The minimum atomic E-state index is -0.361. The highest BCUT2D eigenvalue weighted by Gasteiger charge is 2.24. The van der Waals surface area contributed by atoms with Gasteiger partial charge in [0.15, 0.2) is 0 Å². The van der Waals surface area contributed by atoms with E-state index < -0.39 is 0 Å². The summed E-state index contributed by atoms with van der Waals surface area (Å²) in [5.74, 6) is 0.971. The van der Waals surface area contributed by atoms with Gasteiger partial charge in [0.2, 0.25) is 5.88 Å². The molecule has 1 saturated heterocycles. The molecule has 0 saturated carbocycles. The summed E-state index contributed by atoms with van der Waals surface area (Å²) < 4.78 is 11.6. The summed E-state index contributed by atoms with van der Waals surface area (Å²) in [4.78, 5) is 27.6. The third kappa shape index (κ3) is 5.85. The molecule has 0 aliphatic carbocycles. The molecule has 28 heavy (non-hydrogen) atoms. The third-order valence-electron chi connectivity index (χ3n) is 3.64. The predicted octanol–water partition coefficient (Wildman–Crippen LogP) is 4.20. The van der Waals surface area contributed by atoms with Crippen LogP contribution in [-0.2, 0) is 11.2 Å². The molecule has 146 valence electrons. The van der Waals surface area contributed by atoms with Gasteiger partial charge in [-0.2, -0.15) is 0 Å². The van der Waals surface area contributed by atoms with E-state index in [4.69, 9.17) is 9.47 Å². The van der Waals surface area contributed by atoms with E-state index >= 15 is 0 Å². The van der Waals surface area contributed by atoms with Crippen LogP contribution in [-0.4, -0.2) is 28.3 Å². The number of benzene rings is 1. The molecule has 1 aromatic heterocycles. The highest BCUT2D eigenvalue weighted by Crippen LogP contribution is 2.26. The third-order valence-corrected chi connectivity index (χ3v) is 4.45. The van der Waals surface area contributed by atoms with E-state index in [1.54, 1.807) is 6.08 Å². The van der Waals surface area contributed by atoms with Crippen molar-refractivity contribution in [3.63, 3.8) is 0 Å². The zero-order chi connectivity index (χ0) is 20.1. The van der Waals surface area contributed by atoms with Gasteiger partial charge in [0.05, 0.1) is 11.5 Å². The van der Waals surface area contributed by atoms with E-state index in [1.165, 1.54) is 0 Å². The molecule has 2 amide bonds. The Balaban J connectivity index is 1.53. The molecule has 2 heterocycles. The highest BCUT2D eigenvalue weighted by molar-refractivity contribution is 8.18. The van der Waals surface area contributed by atoms with Gasteiger partial charge in [0.25, 0.3) is 11.1 Å². The van der Waals surface area contributed by atoms with E-state index in [2.05, 4.69) is 10.3 Å². The number of imide groups is 1. The van der Waals surface area contributed by atoms with Crippen molar-refractivity contribution in [3.8, 4) is 11.6 Å². The molecule has 1 fully saturated rings. The summed E-state index contributed by atoms with van der Waals surface area (Å²) in [6.45, 7) is 6.44. The van der Waals surface area contributed by atoms with Gasteiger partial charge >= 0.3 is 0 Å². The lowest BCUT2D eigenvalue weighted by Crippen LogP contribution is -2.23. The summed E-state index contributed by atoms with van der Waals surface area (Å²) in [6, 6.07) is 13.1. The molecule has 0 bridgehead atoms. The average Bonchev–Trinajstić information content (AvgIpc) is 2.92. The fourth-order valence-corrected chi connectivity index (χ4v) is 3.16. The Morgan fingerprint density at radius 2 is 1.86 bits per heavy atom. The Morgan fingerprint density at radius 3 is 2.50 bits per heavy atom. The topological polar surface area (TPSA) is 77.5 Å². The molecule has 2 aromatic rings. The van der Waals surface area contributed by atoms with E-state index in [0.717, 1.165) is 28.8 Å². The highest BCUT2D eigenvalue weighted by atomic mass is 32.2. The Bertz CT molecular complexity index is 901. The lowest BCUT2D eigenvalue weighted by molar-refractivity contribution is -0.115. The van der Waals surface area contributed by atoms with Crippen molar-refractivity contribution in [2.45, 2.75) is 32.8 Å². The van der Waals surface area contributed by atoms with E-state index in [-0.39, 0.29) is 16.7 Å². The van der Waals surface area contributed by atoms with Crippen molar-refractivity contribution in [3.05, 3.63) is 58.6 Å². The second-order valence-corrected chi connectivity index (χ2v) is 8.22. The molecule has 0 spiro atoms. The number of thioether (sulfide) groups is 1. The van der Waals surface area contributed by atoms with Gasteiger partial charge in [0, 0.05) is 18.2 Å². The molecular weight excluding hydrogens is 376 g/mol. The van der Waals surface area contributed by atoms with Crippen LogP contribution in [0.1, 0.15) is 32.0 Å². The van der Waals surface area contributed by atoms with Crippen LogP contribution in [0.3, 0.4) is 0 Å². The standard InChI is InChI=1S/C21H22N2O4S/c1-21(2,3)27-18-6-4-5-15(22-18)11-12-26-16-9-7-14(8-10-16)13-17-19(24)23-20(25)28-17/h4-10,13H,11-12H2,1-3H3,(H,23,24,25). The Hall–Kier alpha value is -2.80. The van der Waals surface area contributed by atoms with Crippen molar-refractivity contribution in [1.82, 2.24) is 10.3 Å². The molecule has 1 N–H and O–H groups in total. The van der Waals surface area contributed by atoms with Gasteiger partial charge in [-0.05, 0) is 62.4 Å². The summed E-state index contributed by atoms with van der Waals surface area (Å²) >= 11 is 0.902. The number of ether oxygens (including phenoxy) is 2. The van der Waals surface area contributed by atoms with Crippen LogP contribution in [0.4, 0.5) is 4.79 Å². The number of nitrogens with zero attached hydrogens (tertiary/aromatic N) is 1. The monoisotopic (exact) mass is 398 g/mol. The number of amides is 2. The molecule has 0 unspecified atom stereocenters. The lowest BCUT2D eigenvalue weighted by Gasteiger charge is -2.20. The summed E-state index contributed by atoms with van der Waals surface area (Å²) in [7, 11) is 0. The van der Waals surface area contributed by atoms with Crippen molar-refractivity contribution in [2.75, 3.05) is 6.61 Å². The second-order valence-electron chi connectivity index (χ2n) is 7.20. The number of carbonyl (C=O) groups excluding carboxylic acids is 2. The van der Waals surface area contributed by atoms with Crippen LogP contribution in [0.5, 0.6) is 11.6 Å². The van der Waals surface area contributed by atoms with E-state index in [9.17, 15) is 9.59 Å². The largest absolute Gasteiger partial charge is 0.493 e. The molecule has 0 atom stereocenters. The van der Waals surface area contributed by atoms with Crippen molar-refractivity contribution >= 4 is 29.0 Å². The second kappa shape index (κ2) is 8.48. The van der Waals surface area contributed by atoms with Gasteiger partial charge in [-0.3, -0.25) is 14.9 Å². The Morgan fingerprint density at radius 1 is 1.11 bits per heavy atom. The molecule has 3 rings (SSSR count). The Kier molecular flexibility index (Phi) is 6.04.